The maximum atomic E-state index is 14.4. The van der Waals surface area contributed by atoms with Gasteiger partial charge in [-0.3, -0.25) is 62.3 Å². The number of nitrogens with one attached hydrogen (secondary N) is 12. The summed E-state index contributed by atoms with van der Waals surface area (Å²) >= 11 is 1.20. The van der Waals surface area contributed by atoms with Crippen molar-refractivity contribution in [1.29, 1.82) is 0 Å². The Balaban J connectivity index is 0.684. The first-order chi connectivity index (χ1) is 62.5. The number of unbranched alkanes of at least 4 members (excludes halogenated alkanes) is 2. The van der Waals surface area contributed by atoms with Gasteiger partial charge in [-0.15, -0.1) is 0 Å². The predicted octanol–water partition coefficient (Wildman–Crippen LogP) is 3.08. The van der Waals surface area contributed by atoms with Crippen LogP contribution in [0.15, 0.2) is 143 Å². The number of benzene rings is 7. The smallest absolute Gasteiger partial charge is 0.336 e. The van der Waals surface area contributed by atoms with Crippen molar-refractivity contribution in [3.05, 3.63) is 183 Å². The molecule has 7 aromatic rings. The molecule has 0 saturated carbocycles. The Kier molecular flexibility index (Phi) is 30.4. The second-order valence-electron chi connectivity index (χ2n) is 31.8. The molecule has 6 heterocycles. The minimum atomic E-state index is -1.55. The highest BCUT2D eigenvalue weighted by molar-refractivity contribution is 7.98. The van der Waals surface area contributed by atoms with Gasteiger partial charge in [-0.25, -0.2) is 4.79 Å². The number of carbonyl (C=O) groups is 13. The maximum Gasteiger partial charge on any atom is 0.336 e. The van der Waals surface area contributed by atoms with Crippen LogP contribution in [-0.4, -0.2) is 207 Å². The number of phenolic OH excluding ortho intramolecular Hbond substituents is 2. The van der Waals surface area contributed by atoms with Crippen LogP contribution in [0.5, 0.6) is 11.5 Å². The normalized spacial score (nSPS) is 17.9. The summed E-state index contributed by atoms with van der Waals surface area (Å²) in [6.45, 7) is -0.461. The summed E-state index contributed by atoms with van der Waals surface area (Å²) < 4.78 is 6.04. The minimum absolute atomic E-state index is 0.0224. The fraction of sp³-hybridized carbons (Fsp3) is 0.337. The van der Waals surface area contributed by atoms with Gasteiger partial charge in [-0.2, -0.15) is 26.7 Å². The molecule has 6 aliphatic rings. The summed E-state index contributed by atoms with van der Waals surface area (Å²) in [5.41, 5.74) is 26.0. The highest BCUT2D eigenvalue weighted by atomic mass is 32.2. The van der Waals surface area contributed by atoms with E-state index in [1.807, 2.05) is 9.80 Å². The van der Waals surface area contributed by atoms with Gasteiger partial charge in [-0.05, 0) is 191 Å². The average molecular weight is 1800 g/mol. The fourth-order valence-electron chi connectivity index (χ4n) is 15.6. The lowest BCUT2D eigenvalue weighted by Gasteiger charge is -2.34. The number of aromatic carboxylic acids is 1. The Morgan fingerprint density at radius 1 is 0.538 bits per heavy atom. The first-order valence-corrected chi connectivity index (χ1v) is 43.4. The summed E-state index contributed by atoms with van der Waals surface area (Å²) in [4.78, 5) is 209. The van der Waals surface area contributed by atoms with Crippen LogP contribution in [0.3, 0.4) is 0 Å². The molecular weight excluding hydrogens is 1700 g/mol. The second kappa shape index (κ2) is 42.6. The number of anilines is 8. The molecule has 680 valence electrons. The standard InChI is InChI=1S/C89H99N21O19S/c90-27-3-1-5-65-83(124)103-68(33-46-7-15-55(112)16-8-46)84(125)105-70(77(93)118)45-130-44-51-11-12-52(35-61(51)80(121)100-65)97-73(115)41-95-78(119)47-23-29-109(30-24-47)88-106-87(99-54-13-19-58(62(36-54)86(127)128)75-59-20-17-56(113)38-71(59)129-72-39-57(114)18-21-60(72)75)107-89(108-88)110-31-25-48(26-32-110)79(120)96-42-74(116)98-53-14-22-64-63(37-53)81(122)104-69(43-111)85(126)101-66(6-2-4-28-91)82(123)102-67-34-49(76(92)117)9-10-50(67)40-94-64/h7-22,34-39,47-48,65-66,68-70,94,111-113H,1-6,23-33,40-45,90-91H2,(H2,92,117)(H2,93,118)(H,95,119)(H,96,120)(H,97,115)(H,98,116)(H,100,121)(H,101,126)(H,102,123)(H,103,124)(H,104,122)(H,105,125)(H,127,128)(H,99,106,107,108)/t65-,66-,68-,69-,70-/m0/s1. The van der Waals surface area contributed by atoms with Gasteiger partial charge < -0.3 is 121 Å². The number of nitrogens with zero attached hydrogens (tertiary/aromatic N) is 5. The van der Waals surface area contributed by atoms with Crippen molar-refractivity contribution in [2.45, 2.75) is 113 Å². The number of rotatable bonds is 27. The first-order valence-electron chi connectivity index (χ1n) is 42.2. The average Bonchev–Trinajstić information content (AvgIpc) is 0.744. The molecule has 5 atom stereocenters. The van der Waals surface area contributed by atoms with E-state index in [4.69, 9.17) is 42.3 Å². The first kappa shape index (κ1) is 92.8. The summed E-state index contributed by atoms with van der Waals surface area (Å²) in [7, 11) is 0. The van der Waals surface area contributed by atoms with E-state index in [2.05, 4.69) is 63.8 Å². The number of carboxylic acid groups (broad SMARTS) is 1. The Morgan fingerprint density at radius 3 is 1.73 bits per heavy atom. The van der Waals surface area contributed by atoms with Crippen molar-refractivity contribution in [2.75, 3.05) is 101 Å². The third-order valence-electron chi connectivity index (χ3n) is 22.7. The molecule has 0 radical (unpaired) electrons. The van der Waals surface area contributed by atoms with Crippen molar-refractivity contribution in [2.24, 2.45) is 34.8 Å². The van der Waals surface area contributed by atoms with Crippen molar-refractivity contribution in [3.8, 4) is 33.9 Å². The quantitative estimate of drug-likeness (QED) is 0.0260. The molecule has 6 aromatic carbocycles. The topological polar surface area (TPSA) is 627 Å². The molecule has 40 nitrogen and oxygen atoms in total. The molecule has 1 aliphatic carbocycles. The highest BCUT2D eigenvalue weighted by Gasteiger charge is 2.36. The van der Waals surface area contributed by atoms with Crippen molar-refractivity contribution in [3.63, 3.8) is 0 Å². The number of hydrogen-bond donors (Lipinski definition) is 20. The van der Waals surface area contributed by atoms with E-state index in [-0.39, 0.29) is 192 Å². The van der Waals surface area contributed by atoms with Gasteiger partial charge in [0, 0.05) is 131 Å². The maximum absolute atomic E-state index is 14.4. The molecule has 41 heteroatoms. The Hall–Kier alpha value is -14.8. The number of aliphatic hydroxyl groups excluding tert-OH is 1. The van der Waals surface area contributed by atoms with E-state index >= 15 is 0 Å². The summed E-state index contributed by atoms with van der Waals surface area (Å²) in [6, 6.07) is 25.9. The lowest BCUT2D eigenvalue weighted by molar-refractivity contribution is -0.131. The van der Waals surface area contributed by atoms with Crippen LogP contribution in [-0.2, 0) is 61.9 Å². The van der Waals surface area contributed by atoms with Gasteiger partial charge in [0.2, 0.25) is 76.9 Å². The van der Waals surface area contributed by atoms with E-state index in [1.54, 1.807) is 48.5 Å². The van der Waals surface area contributed by atoms with Crippen LogP contribution in [0.1, 0.15) is 122 Å². The molecular formula is C89H99N21O19S. The second-order valence-corrected chi connectivity index (χ2v) is 32.8. The Morgan fingerprint density at radius 2 is 1.11 bits per heavy atom. The number of thioether (sulfide) groups is 1. The van der Waals surface area contributed by atoms with Crippen LogP contribution in [0.25, 0.3) is 33.4 Å². The van der Waals surface area contributed by atoms with Crippen molar-refractivity contribution >= 4 is 146 Å². The number of nitrogens with two attached hydrogens (primary N) is 4. The number of aliphatic hydroxyl groups is 1. The Labute approximate surface area is 747 Å². The van der Waals surface area contributed by atoms with Crippen molar-refractivity contribution < 1.29 is 87.2 Å². The zero-order valence-corrected chi connectivity index (χ0v) is 71.2. The number of piperidine rings is 2. The number of hydrogen-bond acceptors (Lipinski definition) is 28. The number of aromatic hydroxyl groups is 2. The lowest BCUT2D eigenvalue weighted by Crippen LogP contribution is -2.57. The van der Waals surface area contributed by atoms with E-state index in [9.17, 15) is 87.5 Å². The molecule has 24 N–H and O–H groups in total. The number of amides is 12. The minimum Gasteiger partial charge on any atom is -0.508 e. The van der Waals surface area contributed by atoms with Crippen LogP contribution in [0.2, 0.25) is 0 Å². The third-order valence-corrected chi connectivity index (χ3v) is 23.8. The molecule has 2 fully saturated rings. The third kappa shape index (κ3) is 23.5. The zero-order valence-electron chi connectivity index (χ0n) is 70.4. The Bertz CT molecular complexity index is 5860. The van der Waals surface area contributed by atoms with E-state index in [1.165, 1.54) is 96.7 Å². The van der Waals surface area contributed by atoms with Crippen molar-refractivity contribution in [1.82, 2.24) is 52.2 Å². The van der Waals surface area contributed by atoms with Gasteiger partial charge in [0.1, 0.15) is 53.1 Å². The molecule has 2 saturated heterocycles. The summed E-state index contributed by atoms with van der Waals surface area (Å²) in [6.07, 6.45) is 3.02. The number of phenols is 2. The van der Waals surface area contributed by atoms with Gasteiger partial charge in [0.15, 0.2) is 5.43 Å². The predicted molar refractivity (Wildman–Crippen MR) is 482 cm³/mol. The van der Waals surface area contributed by atoms with E-state index in [0.717, 1.165) is 0 Å². The molecule has 12 amide bonds. The van der Waals surface area contributed by atoms with E-state index in [0.29, 0.717) is 72.0 Å². The molecule has 130 heavy (non-hydrogen) atoms. The lowest BCUT2D eigenvalue weighted by atomic mass is 9.90. The van der Waals surface area contributed by atoms with Gasteiger partial charge in [0.05, 0.1) is 30.8 Å². The fourth-order valence-corrected chi connectivity index (χ4v) is 16.7. The zero-order chi connectivity index (χ0) is 92.4. The molecule has 13 rings (SSSR count). The molecule has 1 aromatic heterocycles. The summed E-state index contributed by atoms with van der Waals surface area (Å²) in [5.74, 6) is -10.5. The highest BCUT2D eigenvalue weighted by Crippen LogP contribution is 2.43. The van der Waals surface area contributed by atoms with Gasteiger partial charge >= 0.3 is 5.97 Å². The summed E-state index contributed by atoms with van der Waals surface area (Å²) in [5, 5.41) is 75.5. The monoisotopic (exact) mass is 1800 g/mol. The van der Waals surface area contributed by atoms with Crippen LogP contribution in [0.4, 0.5) is 46.3 Å². The number of aromatic nitrogens is 3. The number of carboxylic acids is 1. The molecule has 5 aliphatic heterocycles. The number of carbonyl (C=O) groups excluding carboxylic acids is 12. The molecule has 0 unspecified atom stereocenters. The number of primary amides is 2. The van der Waals surface area contributed by atoms with Crippen LogP contribution >= 0.6 is 11.8 Å². The SMILES string of the molecule is NCCCC[C@@H]1NC(=O)c2cc(NC(=O)CNC(=O)C3CCN(c4nc(Nc5ccc(-c6c7ccc(=O)cc-7oc7cc(O)ccc67)c(C(=O)O)c5)nc(N5CCC(C(=O)NCC(=O)Nc6ccc7c(c6)C(=O)N[C@@H](CO)C(=O)N[C@@H](CCCCN)C(=O)Nc6cc(C(N)=O)ccc6CN7)CC5)n4)CC3)ccc2CSC[C@@H](C(N)=O)NC(=O)[C@H](Cc2ccc(O)cc2)NC1=O. The van der Waals surface area contributed by atoms with Crippen LogP contribution in [0, 0.1) is 11.8 Å². The molecule has 0 spiro atoms. The van der Waals surface area contributed by atoms with Gasteiger partial charge in [0.25, 0.3) is 11.8 Å². The van der Waals surface area contributed by atoms with Crippen LogP contribution < -0.4 is 102 Å². The van der Waals surface area contributed by atoms with Gasteiger partial charge in [-0.1, -0.05) is 30.3 Å². The number of fused-ring (bicyclic) bond motifs is 5. The largest absolute Gasteiger partial charge is 0.508 e. The van der Waals surface area contributed by atoms with E-state index < -0.39 is 139 Å². The molecule has 0 bridgehead atoms.